The summed E-state index contributed by atoms with van der Waals surface area (Å²) in [6.45, 7) is 0.179. The van der Waals surface area contributed by atoms with Crippen molar-refractivity contribution in [1.82, 2.24) is 0 Å². The van der Waals surface area contributed by atoms with E-state index in [-0.39, 0.29) is 30.2 Å². The van der Waals surface area contributed by atoms with E-state index in [9.17, 15) is 23.3 Å². The number of nitro benzene ring substituents is 1. The Hall–Kier alpha value is -2.16. The Morgan fingerprint density at radius 1 is 1.38 bits per heavy atom. The smallest absolute Gasteiger partial charge is 0.305 e. The van der Waals surface area contributed by atoms with Crippen molar-refractivity contribution in [1.29, 1.82) is 0 Å². The van der Waals surface area contributed by atoms with Crippen LogP contribution in [0.15, 0.2) is 24.3 Å². The third-order valence-electron chi connectivity index (χ3n) is 3.33. The number of hydrogen-bond donors (Lipinski definition) is 1. The molecule has 1 heterocycles. The van der Waals surface area contributed by atoms with Crippen LogP contribution in [0.3, 0.4) is 0 Å². The fraction of sp³-hybridized carbons (Fsp3) is 0.417. The van der Waals surface area contributed by atoms with E-state index in [1.807, 2.05) is 0 Å². The first-order valence-electron chi connectivity index (χ1n) is 6.22. The van der Waals surface area contributed by atoms with Gasteiger partial charge in [0.2, 0.25) is 0 Å². The van der Waals surface area contributed by atoms with Crippen LogP contribution in [0.1, 0.15) is 6.42 Å². The summed E-state index contributed by atoms with van der Waals surface area (Å²) < 4.78 is 23.3. The molecule has 1 fully saturated rings. The van der Waals surface area contributed by atoms with Gasteiger partial charge in [0, 0.05) is 24.4 Å². The molecule has 21 heavy (non-hydrogen) atoms. The predicted molar refractivity (Wildman–Crippen MR) is 75.1 cm³/mol. The van der Waals surface area contributed by atoms with E-state index in [0.717, 1.165) is 0 Å². The number of anilines is 1. The lowest BCUT2D eigenvalue weighted by molar-refractivity contribution is -0.384. The first-order chi connectivity index (χ1) is 9.78. The third kappa shape index (κ3) is 3.69. The minimum atomic E-state index is -3.25. The van der Waals surface area contributed by atoms with Gasteiger partial charge >= 0.3 is 5.97 Å². The molecule has 114 valence electrons. The summed E-state index contributed by atoms with van der Waals surface area (Å²) in [6.07, 6.45) is -0.295. The topological polar surface area (TPSA) is 118 Å². The summed E-state index contributed by atoms with van der Waals surface area (Å²) in [5.41, 5.74) is 0.514. The molecular weight excluding hydrogens is 300 g/mol. The molecule has 1 N–H and O–H groups in total. The summed E-state index contributed by atoms with van der Waals surface area (Å²) >= 11 is 0. The summed E-state index contributed by atoms with van der Waals surface area (Å²) in [4.78, 5) is 22.7. The number of nitro groups is 1. The average Bonchev–Trinajstić information content (AvgIpc) is 2.37. The zero-order valence-electron chi connectivity index (χ0n) is 11.0. The number of nitrogens with zero attached hydrogens (tertiary/aromatic N) is 2. The van der Waals surface area contributed by atoms with Crippen molar-refractivity contribution in [3.63, 3.8) is 0 Å². The number of rotatable bonds is 4. The maximum Gasteiger partial charge on any atom is 0.305 e. The monoisotopic (exact) mass is 314 g/mol. The molecule has 0 bridgehead atoms. The molecule has 1 aromatic carbocycles. The minimum absolute atomic E-state index is 0.0554. The van der Waals surface area contributed by atoms with Crippen molar-refractivity contribution in [2.75, 3.05) is 23.0 Å². The second kappa shape index (κ2) is 5.68. The lowest BCUT2D eigenvalue weighted by Gasteiger charge is -2.36. The molecule has 9 heteroatoms. The zero-order chi connectivity index (χ0) is 15.6. The number of sulfone groups is 1. The molecule has 2 rings (SSSR count). The van der Waals surface area contributed by atoms with E-state index in [0.29, 0.717) is 5.69 Å². The van der Waals surface area contributed by atoms with Gasteiger partial charge in [0.1, 0.15) is 0 Å². The Morgan fingerprint density at radius 2 is 2.00 bits per heavy atom. The number of benzene rings is 1. The third-order valence-corrected chi connectivity index (χ3v) is 5.03. The van der Waals surface area contributed by atoms with Crippen LogP contribution >= 0.6 is 0 Å². The summed E-state index contributed by atoms with van der Waals surface area (Å²) in [6, 6.07) is 4.98. The molecule has 0 radical (unpaired) electrons. The lowest BCUT2D eigenvalue weighted by atomic mass is 10.1. The van der Waals surface area contributed by atoms with Crippen molar-refractivity contribution in [3.8, 4) is 0 Å². The Morgan fingerprint density at radius 3 is 2.52 bits per heavy atom. The van der Waals surface area contributed by atoms with Crippen LogP contribution in [-0.4, -0.2) is 48.5 Å². The van der Waals surface area contributed by atoms with Crippen molar-refractivity contribution < 1.29 is 23.2 Å². The highest BCUT2D eigenvalue weighted by atomic mass is 32.2. The van der Waals surface area contributed by atoms with Crippen LogP contribution in [-0.2, 0) is 14.6 Å². The molecule has 0 aromatic heterocycles. The molecule has 1 unspecified atom stereocenters. The van der Waals surface area contributed by atoms with Gasteiger partial charge < -0.3 is 10.0 Å². The van der Waals surface area contributed by atoms with Crippen molar-refractivity contribution in [2.24, 2.45) is 0 Å². The Labute approximate surface area is 121 Å². The molecule has 1 aromatic rings. The molecule has 1 aliphatic heterocycles. The van der Waals surface area contributed by atoms with Gasteiger partial charge in [-0.05, 0) is 12.1 Å². The van der Waals surface area contributed by atoms with Gasteiger partial charge in [-0.15, -0.1) is 0 Å². The number of non-ortho nitro benzene ring substituents is 1. The molecule has 1 atom stereocenters. The summed E-state index contributed by atoms with van der Waals surface area (Å²) in [5.74, 6) is -1.36. The second-order valence-corrected chi connectivity index (χ2v) is 7.06. The van der Waals surface area contributed by atoms with E-state index in [1.165, 1.54) is 24.3 Å². The van der Waals surface area contributed by atoms with Gasteiger partial charge in [0.05, 0.1) is 28.9 Å². The number of carboxylic acid groups (broad SMARTS) is 1. The van der Waals surface area contributed by atoms with E-state index in [1.54, 1.807) is 4.90 Å². The molecule has 0 aliphatic carbocycles. The lowest BCUT2D eigenvalue weighted by Crippen LogP contribution is -2.49. The van der Waals surface area contributed by atoms with Gasteiger partial charge in [-0.2, -0.15) is 0 Å². The molecule has 0 spiro atoms. The number of hydrogen-bond acceptors (Lipinski definition) is 6. The first kappa shape index (κ1) is 15.2. The second-order valence-electron chi connectivity index (χ2n) is 4.83. The number of carbonyl (C=O) groups is 1. The largest absolute Gasteiger partial charge is 0.481 e. The molecule has 0 amide bonds. The van der Waals surface area contributed by atoms with Crippen molar-refractivity contribution in [2.45, 2.75) is 12.5 Å². The normalized spacial score (nSPS) is 21.0. The predicted octanol–water partition coefficient (Wildman–Crippen LogP) is 0.673. The fourth-order valence-corrected chi connectivity index (χ4v) is 3.89. The SMILES string of the molecule is O=C(O)CC1CS(=O)(=O)CCN1c1ccc([N+](=O)[O-])cc1. The van der Waals surface area contributed by atoms with Gasteiger partial charge in [-0.3, -0.25) is 14.9 Å². The molecular formula is C12H14N2O6S. The van der Waals surface area contributed by atoms with Crippen LogP contribution in [0.5, 0.6) is 0 Å². The van der Waals surface area contributed by atoms with Crippen molar-refractivity contribution in [3.05, 3.63) is 34.4 Å². The zero-order valence-corrected chi connectivity index (χ0v) is 11.8. The maximum atomic E-state index is 11.7. The van der Waals surface area contributed by atoms with Crippen LogP contribution in [0, 0.1) is 10.1 Å². The Kier molecular flexibility index (Phi) is 4.12. The number of carboxylic acids is 1. The molecule has 8 nitrogen and oxygen atoms in total. The standard InChI is InChI=1S/C12H14N2O6S/c15-12(16)7-11-8-21(19,20)6-5-13(11)9-1-3-10(4-2-9)14(17)18/h1-4,11H,5-8H2,(H,15,16). The van der Waals surface area contributed by atoms with Crippen LogP contribution in [0.25, 0.3) is 0 Å². The summed E-state index contributed by atoms with van der Waals surface area (Å²) in [7, 11) is -3.25. The highest BCUT2D eigenvalue weighted by Gasteiger charge is 2.32. The Balaban J connectivity index is 2.26. The highest BCUT2D eigenvalue weighted by molar-refractivity contribution is 7.91. The number of aliphatic carboxylic acids is 1. The molecule has 0 saturated carbocycles. The molecule has 1 aliphatic rings. The maximum absolute atomic E-state index is 11.7. The van der Waals surface area contributed by atoms with E-state index < -0.39 is 26.8 Å². The van der Waals surface area contributed by atoms with Gasteiger partial charge in [-0.25, -0.2) is 8.42 Å². The van der Waals surface area contributed by atoms with Crippen LogP contribution in [0.2, 0.25) is 0 Å². The highest BCUT2D eigenvalue weighted by Crippen LogP contribution is 2.25. The van der Waals surface area contributed by atoms with E-state index in [4.69, 9.17) is 5.11 Å². The Bertz CT molecular complexity index is 655. The van der Waals surface area contributed by atoms with Gasteiger partial charge in [-0.1, -0.05) is 0 Å². The van der Waals surface area contributed by atoms with Gasteiger partial charge in [0.15, 0.2) is 9.84 Å². The average molecular weight is 314 g/mol. The first-order valence-corrected chi connectivity index (χ1v) is 8.04. The quantitative estimate of drug-likeness (QED) is 0.641. The minimum Gasteiger partial charge on any atom is -0.481 e. The van der Waals surface area contributed by atoms with Gasteiger partial charge in [0.25, 0.3) is 5.69 Å². The van der Waals surface area contributed by atoms with Crippen LogP contribution in [0.4, 0.5) is 11.4 Å². The van der Waals surface area contributed by atoms with Crippen molar-refractivity contribution >= 4 is 27.2 Å². The summed E-state index contributed by atoms with van der Waals surface area (Å²) in [5, 5.41) is 19.5. The van der Waals surface area contributed by atoms with Crippen LogP contribution < -0.4 is 4.90 Å². The van der Waals surface area contributed by atoms with E-state index >= 15 is 0 Å². The fourth-order valence-electron chi connectivity index (χ4n) is 2.36. The molecule has 1 saturated heterocycles. The van der Waals surface area contributed by atoms with E-state index in [2.05, 4.69) is 0 Å².